The quantitative estimate of drug-likeness (QED) is 0.690. The van der Waals surface area contributed by atoms with Crippen LogP contribution in [0.2, 0.25) is 0 Å². The van der Waals surface area contributed by atoms with Crippen LogP contribution < -0.4 is 0 Å². The number of esters is 1. The summed E-state index contributed by atoms with van der Waals surface area (Å²) in [6, 6.07) is 7.61. The zero-order valence-electron chi connectivity index (χ0n) is 12.9. The number of Topliss-reactive ketones (excluding diaryl/α,β-unsaturated/α-hetero) is 1. The van der Waals surface area contributed by atoms with Gasteiger partial charge in [0, 0.05) is 22.2 Å². The molecule has 0 spiro atoms. The molecule has 0 radical (unpaired) electrons. The number of ether oxygens (including phenoxy) is 1. The highest BCUT2D eigenvalue weighted by atomic mass is 16.5. The van der Waals surface area contributed by atoms with Gasteiger partial charge in [0.15, 0.2) is 6.61 Å². The van der Waals surface area contributed by atoms with Crippen molar-refractivity contribution in [3.63, 3.8) is 0 Å². The van der Waals surface area contributed by atoms with Crippen LogP contribution in [0.15, 0.2) is 24.3 Å². The molecule has 1 aromatic carbocycles. The van der Waals surface area contributed by atoms with Gasteiger partial charge in [-0.05, 0) is 18.4 Å². The van der Waals surface area contributed by atoms with E-state index in [2.05, 4.69) is 4.98 Å². The highest BCUT2D eigenvalue weighted by Crippen LogP contribution is 2.23. The summed E-state index contributed by atoms with van der Waals surface area (Å²) >= 11 is 0. The third-order valence-corrected chi connectivity index (χ3v) is 3.21. The van der Waals surface area contributed by atoms with E-state index in [0.29, 0.717) is 12.0 Å². The average Bonchev–Trinajstić information content (AvgIpc) is 2.70. The molecular weight excluding hydrogens is 266 g/mol. The maximum atomic E-state index is 12.3. The third-order valence-electron chi connectivity index (χ3n) is 3.21. The van der Waals surface area contributed by atoms with Crippen molar-refractivity contribution < 1.29 is 14.3 Å². The number of fused-ring (bicyclic) bond motifs is 1. The lowest BCUT2D eigenvalue weighted by Gasteiger charge is -2.16. The number of nitrogens with one attached hydrogen (secondary N) is 1. The number of benzene rings is 1. The number of ketones is 1. The van der Waals surface area contributed by atoms with Gasteiger partial charge in [0.05, 0.1) is 6.42 Å². The Hall–Kier alpha value is -2.10. The van der Waals surface area contributed by atoms with E-state index in [4.69, 9.17) is 4.74 Å². The SMILES string of the molecule is Cc1[nH]c2ccccc2c1C(=O)COC(=O)CC(C)(C)C. The molecule has 2 rings (SSSR count). The molecule has 1 aromatic heterocycles. The maximum absolute atomic E-state index is 12.3. The maximum Gasteiger partial charge on any atom is 0.306 e. The second kappa shape index (κ2) is 5.72. The summed E-state index contributed by atoms with van der Waals surface area (Å²) in [4.78, 5) is 27.2. The largest absolute Gasteiger partial charge is 0.457 e. The lowest BCUT2D eigenvalue weighted by Crippen LogP contribution is -2.19. The molecule has 0 amide bonds. The van der Waals surface area contributed by atoms with E-state index >= 15 is 0 Å². The minimum absolute atomic E-state index is 0.142. The number of hydrogen-bond donors (Lipinski definition) is 1. The fraction of sp³-hybridized carbons (Fsp3) is 0.412. The Morgan fingerprint density at radius 3 is 2.52 bits per heavy atom. The first kappa shape index (κ1) is 15.3. The van der Waals surface area contributed by atoms with Crippen LogP contribution in [0.5, 0.6) is 0 Å². The summed E-state index contributed by atoms with van der Waals surface area (Å²) in [6.07, 6.45) is 0.299. The summed E-state index contributed by atoms with van der Waals surface area (Å²) in [5.41, 5.74) is 2.18. The second-order valence-electron chi connectivity index (χ2n) is 6.49. The number of aryl methyl sites for hydroxylation is 1. The van der Waals surface area contributed by atoms with Crippen molar-refractivity contribution in [2.24, 2.45) is 5.41 Å². The molecule has 112 valence electrons. The van der Waals surface area contributed by atoms with Crippen molar-refractivity contribution in [1.29, 1.82) is 0 Å². The van der Waals surface area contributed by atoms with Gasteiger partial charge in [-0.1, -0.05) is 39.0 Å². The molecule has 0 saturated carbocycles. The van der Waals surface area contributed by atoms with Gasteiger partial charge in [0.1, 0.15) is 0 Å². The van der Waals surface area contributed by atoms with Gasteiger partial charge in [-0.15, -0.1) is 0 Å². The summed E-state index contributed by atoms with van der Waals surface area (Å²) in [7, 11) is 0. The van der Waals surface area contributed by atoms with E-state index in [1.165, 1.54) is 0 Å². The number of aromatic nitrogens is 1. The summed E-state index contributed by atoms with van der Waals surface area (Å²) in [5, 5.41) is 0.867. The summed E-state index contributed by atoms with van der Waals surface area (Å²) in [6.45, 7) is 7.52. The van der Waals surface area contributed by atoms with Crippen LogP contribution in [-0.2, 0) is 9.53 Å². The first-order chi connectivity index (χ1) is 9.78. The number of carbonyl (C=O) groups excluding carboxylic acids is 2. The van der Waals surface area contributed by atoms with E-state index in [-0.39, 0.29) is 23.8 Å². The topological polar surface area (TPSA) is 59.2 Å². The van der Waals surface area contributed by atoms with Crippen molar-refractivity contribution in [3.05, 3.63) is 35.5 Å². The summed E-state index contributed by atoms with van der Waals surface area (Å²) in [5.74, 6) is -0.513. The Morgan fingerprint density at radius 2 is 1.86 bits per heavy atom. The van der Waals surface area contributed by atoms with Crippen LogP contribution in [0.4, 0.5) is 0 Å². The van der Waals surface area contributed by atoms with Crippen LogP contribution in [0.1, 0.15) is 43.2 Å². The molecule has 2 aromatic rings. The van der Waals surface area contributed by atoms with Crippen LogP contribution in [0.25, 0.3) is 10.9 Å². The minimum Gasteiger partial charge on any atom is -0.457 e. The normalized spacial score (nSPS) is 11.6. The minimum atomic E-state index is -0.339. The molecule has 1 heterocycles. The first-order valence-corrected chi connectivity index (χ1v) is 7.04. The number of rotatable bonds is 4. The predicted molar refractivity (Wildman–Crippen MR) is 82.4 cm³/mol. The monoisotopic (exact) mass is 287 g/mol. The van der Waals surface area contributed by atoms with Crippen LogP contribution in [-0.4, -0.2) is 23.3 Å². The Morgan fingerprint density at radius 1 is 1.19 bits per heavy atom. The van der Waals surface area contributed by atoms with Crippen molar-refractivity contribution in [3.8, 4) is 0 Å². The highest BCUT2D eigenvalue weighted by molar-refractivity contribution is 6.10. The Labute approximate surface area is 124 Å². The Bertz CT molecular complexity index is 677. The molecule has 4 heteroatoms. The molecule has 0 saturated heterocycles. The molecule has 0 aliphatic rings. The lowest BCUT2D eigenvalue weighted by molar-refractivity contribution is -0.144. The van der Waals surface area contributed by atoms with Gasteiger partial charge in [-0.3, -0.25) is 9.59 Å². The van der Waals surface area contributed by atoms with Gasteiger partial charge in [-0.25, -0.2) is 0 Å². The number of carbonyl (C=O) groups is 2. The molecule has 0 atom stereocenters. The standard InChI is InChI=1S/C17H21NO3/c1-11-16(12-7-5-6-8-13(12)18-11)14(19)10-21-15(20)9-17(2,3)4/h5-8,18H,9-10H2,1-4H3. The van der Waals surface area contributed by atoms with E-state index in [9.17, 15) is 9.59 Å². The first-order valence-electron chi connectivity index (χ1n) is 7.04. The van der Waals surface area contributed by atoms with Gasteiger partial charge in [0.25, 0.3) is 0 Å². The molecule has 21 heavy (non-hydrogen) atoms. The van der Waals surface area contributed by atoms with E-state index < -0.39 is 0 Å². The zero-order valence-corrected chi connectivity index (χ0v) is 12.9. The molecule has 1 N–H and O–H groups in total. The van der Waals surface area contributed by atoms with E-state index in [0.717, 1.165) is 16.6 Å². The second-order valence-corrected chi connectivity index (χ2v) is 6.49. The average molecular weight is 287 g/mol. The zero-order chi connectivity index (χ0) is 15.6. The number of aromatic amines is 1. The molecule has 0 aliphatic heterocycles. The summed E-state index contributed by atoms with van der Waals surface area (Å²) < 4.78 is 5.11. The van der Waals surface area contributed by atoms with Crippen LogP contribution in [0.3, 0.4) is 0 Å². The number of para-hydroxylation sites is 1. The van der Waals surface area contributed by atoms with Crippen LogP contribution >= 0.6 is 0 Å². The molecule has 4 nitrogen and oxygen atoms in total. The van der Waals surface area contributed by atoms with Crippen LogP contribution in [0, 0.1) is 12.3 Å². The molecule has 0 bridgehead atoms. The molecular formula is C17H21NO3. The van der Waals surface area contributed by atoms with Crippen molar-refractivity contribution in [2.75, 3.05) is 6.61 Å². The Kier molecular flexibility index (Phi) is 4.16. The van der Waals surface area contributed by atoms with Gasteiger partial charge in [0.2, 0.25) is 5.78 Å². The Balaban J connectivity index is 2.09. The molecule has 0 aliphatic carbocycles. The van der Waals surface area contributed by atoms with Gasteiger partial charge < -0.3 is 9.72 Å². The lowest BCUT2D eigenvalue weighted by atomic mass is 9.92. The molecule has 0 unspecified atom stereocenters. The van der Waals surface area contributed by atoms with Crippen molar-refractivity contribution >= 4 is 22.7 Å². The third kappa shape index (κ3) is 3.72. The van der Waals surface area contributed by atoms with Gasteiger partial charge in [-0.2, -0.15) is 0 Å². The predicted octanol–water partition coefficient (Wildman–Crippen LogP) is 3.64. The molecule has 0 fully saturated rings. The fourth-order valence-electron chi connectivity index (χ4n) is 2.34. The van der Waals surface area contributed by atoms with E-state index in [1.54, 1.807) is 0 Å². The fourth-order valence-corrected chi connectivity index (χ4v) is 2.34. The smallest absolute Gasteiger partial charge is 0.306 e. The van der Waals surface area contributed by atoms with E-state index in [1.807, 2.05) is 52.0 Å². The van der Waals surface area contributed by atoms with Gasteiger partial charge >= 0.3 is 5.97 Å². The van der Waals surface area contributed by atoms with Crippen molar-refractivity contribution in [2.45, 2.75) is 34.1 Å². The number of H-pyrrole nitrogens is 1. The number of hydrogen-bond acceptors (Lipinski definition) is 3. The highest BCUT2D eigenvalue weighted by Gasteiger charge is 2.20. The van der Waals surface area contributed by atoms with Crippen molar-refractivity contribution in [1.82, 2.24) is 4.98 Å².